The number of halogens is 2. The first-order chi connectivity index (χ1) is 11.2. The molecule has 0 aromatic heterocycles. The van der Waals surface area contributed by atoms with Crippen LogP contribution >= 0.6 is 11.6 Å². The van der Waals surface area contributed by atoms with Crippen LogP contribution in [0.25, 0.3) is 0 Å². The third-order valence-corrected chi connectivity index (χ3v) is 4.76. The maximum Gasteiger partial charge on any atom is 0.185 e. The van der Waals surface area contributed by atoms with Crippen LogP contribution in [-0.2, 0) is 9.47 Å². The highest BCUT2D eigenvalue weighted by Crippen LogP contribution is 2.44. The van der Waals surface area contributed by atoms with E-state index in [2.05, 4.69) is 0 Å². The standard InChI is InChI=1S/C19H20ClFO3/c1-18(2)19(3,4)24-17(23-18)12-5-8-14(9-6-12)22-16-11-13(20)7-10-15(16)21/h5-11,17H,1-4H3. The lowest BCUT2D eigenvalue weighted by atomic mass is 9.90. The Morgan fingerprint density at radius 3 is 2.12 bits per heavy atom. The summed E-state index contributed by atoms with van der Waals surface area (Å²) in [6, 6.07) is 11.4. The second kappa shape index (κ2) is 6.03. The molecule has 0 N–H and O–H groups in total. The van der Waals surface area contributed by atoms with Gasteiger partial charge in [-0.15, -0.1) is 0 Å². The van der Waals surface area contributed by atoms with Crippen molar-refractivity contribution in [3.05, 3.63) is 58.9 Å². The van der Waals surface area contributed by atoms with Gasteiger partial charge in [-0.3, -0.25) is 0 Å². The second-order valence-electron chi connectivity index (χ2n) is 6.83. The van der Waals surface area contributed by atoms with Crippen LogP contribution in [0.5, 0.6) is 11.5 Å². The normalized spacial score (nSPS) is 19.4. The van der Waals surface area contributed by atoms with Gasteiger partial charge in [0, 0.05) is 16.7 Å². The van der Waals surface area contributed by atoms with Gasteiger partial charge in [0.2, 0.25) is 0 Å². The van der Waals surface area contributed by atoms with Gasteiger partial charge in [0.1, 0.15) is 5.75 Å². The van der Waals surface area contributed by atoms with Gasteiger partial charge in [0.05, 0.1) is 11.2 Å². The highest BCUT2D eigenvalue weighted by Gasteiger charge is 2.49. The van der Waals surface area contributed by atoms with Crippen LogP contribution in [-0.4, -0.2) is 11.2 Å². The summed E-state index contributed by atoms with van der Waals surface area (Å²) < 4.78 is 31.3. The molecule has 3 nitrogen and oxygen atoms in total. The van der Waals surface area contributed by atoms with Gasteiger partial charge in [-0.2, -0.15) is 0 Å². The summed E-state index contributed by atoms with van der Waals surface area (Å²) in [5, 5.41) is 0.417. The average molecular weight is 351 g/mol. The van der Waals surface area contributed by atoms with Crippen LogP contribution < -0.4 is 4.74 Å². The molecule has 2 aromatic rings. The molecule has 0 radical (unpaired) electrons. The average Bonchev–Trinajstić information content (AvgIpc) is 2.72. The third kappa shape index (κ3) is 3.27. The van der Waals surface area contributed by atoms with E-state index in [0.717, 1.165) is 5.56 Å². The minimum Gasteiger partial charge on any atom is -0.454 e. The molecule has 5 heteroatoms. The van der Waals surface area contributed by atoms with E-state index in [1.807, 2.05) is 39.8 Å². The molecule has 2 aromatic carbocycles. The first-order valence-corrected chi connectivity index (χ1v) is 8.14. The summed E-state index contributed by atoms with van der Waals surface area (Å²) in [5.74, 6) is 0.136. The minimum atomic E-state index is -0.463. The quantitative estimate of drug-likeness (QED) is 0.692. The van der Waals surface area contributed by atoms with Crippen molar-refractivity contribution in [1.29, 1.82) is 0 Å². The molecule has 0 saturated carbocycles. The van der Waals surface area contributed by atoms with Crippen molar-refractivity contribution < 1.29 is 18.6 Å². The summed E-state index contributed by atoms with van der Waals surface area (Å²) in [7, 11) is 0. The van der Waals surface area contributed by atoms with Crippen molar-refractivity contribution in [2.45, 2.75) is 45.2 Å². The lowest BCUT2D eigenvalue weighted by Gasteiger charge is -2.30. The molecule has 1 aliphatic heterocycles. The second-order valence-corrected chi connectivity index (χ2v) is 7.27. The molecule has 0 bridgehead atoms. The van der Waals surface area contributed by atoms with Crippen molar-refractivity contribution in [1.82, 2.24) is 0 Å². The van der Waals surface area contributed by atoms with Gasteiger partial charge in [0.15, 0.2) is 17.9 Å². The van der Waals surface area contributed by atoms with E-state index in [1.54, 1.807) is 12.1 Å². The molecule has 3 rings (SSSR count). The van der Waals surface area contributed by atoms with Crippen molar-refractivity contribution in [2.75, 3.05) is 0 Å². The van der Waals surface area contributed by atoms with Gasteiger partial charge >= 0.3 is 0 Å². The van der Waals surface area contributed by atoms with Crippen molar-refractivity contribution in [3.8, 4) is 11.5 Å². The topological polar surface area (TPSA) is 27.7 Å². The van der Waals surface area contributed by atoms with E-state index >= 15 is 0 Å². The van der Waals surface area contributed by atoms with Crippen LogP contribution in [0.15, 0.2) is 42.5 Å². The van der Waals surface area contributed by atoms with Gasteiger partial charge in [-0.05, 0) is 52.0 Å². The smallest absolute Gasteiger partial charge is 0.185 e. The van der Waals surface area contributed by atoms with E-state index in [4.69, 9.17) is 25.8 Å². The molecule has 0 atom stereocenters. The Morgan fingerprint density at radius 2 is 1.54 bits per heavy atom. The number of hydrogen-bond acceptors (Lipinski definition) is 3. The monoisotopic (exact) mass is 350 g/mol. The number of ether oxygens (including phenoxy) is 3. The molecule has 1 fully saturated rings. The SMILES string of the molecule is CC1(C)OC(c2ccc(Oc3cc(Cl)ccc3F)cc2)OC1(C)C. The van der Waals surface area contributed by atoms with E-state index in [1.165, 1.54) is 18.2 Å². The maximum absolute atomic E-state index is 13.7. The lowest BCUT2D eigenvalue weighted by molar-refractivity contribution is -0.0895. The first-order valence-electron chi connectivity index (χ1n) is 7.76. The zero-order valence-electron chi connectivity index (χ0n) is 14.1. The Morgan fingerprint density at radius 1 is 0.958 bits per heavy atom. The zero-order chi connectivity index (χ0) is 17.5. The zero-order valence-corrected chi connectivity index (χ0v) is 14.9. The fourth-order valence-corrected chi connectivity index (χ4v) is 2.52. The maximum atomic E-state index is 13.7. The summed E-state index contributed by atoms with van der Waals surface area (Å²) >= 11 is 5.87. The minimum absolute atomic E-state index is 0.0888. The predicted octanol–water partition coefficient (Wildman–Crippen LogP) is 5.87. The van der Waals surface area contributed by atoms with Gasteiger partial charge in [-0.1, -0.05) is 23.7 Å². The molecule has 0 spiro atoms. The number of rotatable bonds is 3. The number of benzene rings is 2. The Hall–Kier alpha value is -1.62. The lowest BCUT2D eigenvalue weighted by Crippen LogP contribution is -2.41. The molecule has 128 valence electrons. The highest BCUT2D eigenvalue weighted by atomic mass is 35.5. The van der Waals surface area contributed by atoms with E-state index in [-0.39, 0.29) is 5.75 Å². The molecule has 0 unspecified atom stereocenters. The van der Waals surface area contributed by atoms with Gasteiger partial charge < -0.3 is 14.2 Å². The van der Waals surface area contributed by atoms with Crippen molar-refractivity contribution in [2.24, 2.45) is 0 Å². The van der Waals surface area contributed by atoms with Crippen LogP contribution in [0.1, 0.15) is 39.5 Å². The highest BCUT2D eigenvalue weighted by molar-refractivity contribution is 6.30. The fraction of sp³-hybridized carbons (Fsp3) is 0.368. The van der Waals surface area contributed by atoms with E-state index in [0.29, 0.717) is 10.8 Å². The van der Waals surface area contributed by atoms with Gasteiger partial charge in [-0.25, -0.2) is 4.39 Å². The van der Waals surface area contributed by atoms with Crippen LogP contribution in [0.3, 0.4) is 0 Å². The summed E-state index contributed by atoms with van der Waals surface area (Å²) in [5.41, 5.74) is 0.0978. The molecule has 1 heterocycles. The Bertz CT molecular complexity index is 725. The first kappa shape index (κ1) is 17.2. The Kier molecular flexibility index (Phi) is 4.32. The molecule has 0 amide bonds. The largest absolute Gasteiger partial charge is 0.454 e. The van der Waals surface area contributed by atoms with Crippen LogP contribution in [0, 0.1) is 5.82 Å². The molecule has 1 aliphatic rings. The van der Waals surface area contributed by atoms with Crippen molar-refractivity contribution in [3.63, 3.8) is 0 Å². The van der Waals surface area contributed by atoms with Crippen molar-refractivity contribution >= 4 is 11.6 Å². The predicted molar refractivity (Wildman–Crippen MR) is 91.0 cm³/mol. The Labute approximate surface area is 146 Å². The molecule has 24 heavy (non-hydrogen) atoms. The molecular weight excluding hydrogens is 331 g/mol. The Balaban J connectivity index is 1.76. The summed E-state index contributed by atoms with van der Waals surface area (Å²) in [6.07, 6.45) is -0.438. The van der Waals surface area contributed by atoms with Crippen LogP contribution in [0.4, 0.5) is 4.39 Å². The fourth-order valence-electron chi connectivity index (χ4n) is 2.35. The third-order valence-electron chi connectivity index (χ3n) is 4.53. The molecule has 0 aliphatic carbocycles. The molecule has 1 saturated heterocycles. The molecular formula is C19H20ClFO3. The summed E-state index contributed by atoms with van der Waals surface area (Å²) in [4.78, 5) is 0. The van der Waals surface area contributed by atoms with Gasteiger partial charge in [0.25, 0.3) is 0 Å². The number of hydrogen-bond donors (Lipinski definition) is 0. The van der Waals surface area contributed by atoms with E-state index in [9.17, 15) is 4.39 Å². The summed E-state index contributed by atoms with van der Waals surface area (Å²) in [6.45, 7) is 8.03. The van der Waals surface area contributed by atoms with Crippen LogP contribution in [0.2, 0.25) is 5.02 Å². The van der Waals surface area contributed by atoms with E-state index < -0.39 is 23.3 Å².